The first-order valence-corrected chi connectivity index (χ1v) is 9.91. The van der Waals surface area contributed by atoms with Crippen LogP contribution in [0.1, 0.15) is 65.7 Å². The number of hydrogen-bond acceptors (Lipinski definition) is 5. The van der Waals surface area contributed by atoms with Crippen molar-refractivity contribution in [1.29, 1.82) is 0 Å². The van der Waals surface area contributed by atoms with Crippen LogP contribution in [0.25, 0.3) is 0 Å². The summed E-state index contributed by atoms with van der Waals surface area (Å²) < 4.78 is 6.60. The summed E-state index contributed by atoms with van der Waals surface area (Å²) in [6.07, 6.45) is 3.73. The third kappa shape index (κ3) is 2.56. The van der Waals surface area contributed by atoms with Crippen molar-refractivity contribution < 1.29 is 30.0 Å². The molecule has 3 rings (SSSR count). The zero-order chi connectivity index (χ0) is 19.4. The summed E-state index contributed by atoms with van der Waals surface area (Å²) in [5.41, 5.74) is -2.40. The van der Waals surface area contributed by atoms with Crippen molar-refractivity contribution in [3.63, 3.8) is 0 Å². The molecule has 7 atom stereocenters. The average Bonchev–Trinajstić information content (AvgIpc) is 2.98. The van der Waals surface area contributed by atoms with Crippen molar-refractivity contribution in [2.45, 2.75) is 83.0 Å². The fourth-order valence-corrected chi connectivity index (χ4v) is 6.70. The number of carbonyl (C=O) groups is 1. The van der Waals surface area contributed by atoms with E-state index < -0.39 is 28.7 Å². The minimum atomic E-state index is -1.03. The van der Waals surface area contributed by atoms with Crippen LogP contribution in [0.2, 0.25) is 0 Å². The Hall–Kier alpha value is -0.690. The number of carboxylic acids is 1. The maximum absolute atomic E-state index is 11.4. The Morgan fingerprint density at radius 1 is 1.08 bits per heavy atom. The van der Waals surface area contributed by atoms with Gasteiger partial charge in [0.15, 0.2) is 0 Å². The van der Waals surface area contributed by atoms with Crippen LogP contribution in [-0.4, -0.2) is 56.9 Å². The van der Waals surface area contributed by atoms with Gasteiger partial charge in [0.05, 0.1) is 31.3 Å². The quantitative estimate of drug-likeness (QED) is 0.602. The second kappa shape index (κ2) is 6.43. The zero-order valence-corrected chi connectivity index (χ0v) is 16.2. The van der Waals surface area contributed by atoms with Crippen LogP contribution in [0.4, 0.5) is 0 Å². The van der Waals surface area contributed by atoms with Gasteiger partial charge in [0.1, 0.15) is 5.60 Å². The van der Waals surface area contributed by atoms with Gasteiger partial charge in [-0.05, 0) is 50.4 Å². The highest BCUT2D eigenvalue weighted by Crippen LogP contribution is 2.67. The largest absolute Gasteiger partial charge is 0.481 e. The fraction of sp³-hybridized carbons (Fsp3) is 0.950. The van der Waals surface area contributed by atoms with Crippen LogP contribution in [-0.2, 0) is 9.53 Å². The smallest absolute Gasteiger partial charge is 0.306 e. The summed E-state index contributed by atoms with van der Waals surface area (Å²) in [5, 5.41) is 40.0. The van der Waals surface area contributed by atoms with Gasteiger partial charge in [-0.15, -0.1) is 0 Å². The van der Waals surface area contributed by atoms with E-state index in [1.165, 1.54) is 0 Å². The standard InChI is InChI=1S/C20H34O6/c1-13-4-5-14-17(2,11-21)15(23)6-7-18(14,3)20(13)9-8-19(12-22,26-20)10-16(24)25/h13-15,21-23H,4-12H2,1-3H3,(H,24,25)/t13-,14?,15+,17+,18+,19?,20-/m1/s1. The monoisotopic (exact) mass is 370 g/mol. The van der Waals surface area contributed by atoms with Gasteiger partial charge in [0, 0.05) is 10.8 Å². The van der Waals surface area contributed by atoms with Gasteiger partial charge < -0.3 is 25.2 Å². The molecule has 2 aliphatic carbocycles. The lowest BCUT2D eigenvalue weighted by atomic mass is 9.43. The zero-order valence-electron chi connectivity index (χ0n) is 16.2. The maximum atomic E-state index is 11.4. The highest BCUT2D eigenvalue weighted by Gasteiger charge is 2.68. The van der Waals surface area contributed by atoms with Crippen molar-refractivity contribution >= 4 is 5.97 Å². The van der Waals surface area contributed by atoms with Crippen molar-refractivity contribution in [2.75, 3.05) is 13.2 Å². The summed E-state index contributed by atoms with van der Waals surface area (Å²) in [7, 11) is 0. The van der Waals surface area contributed by atoms with Crippen molar-refractivity contribution in [1.82, 2.24) is 0 Å². The number of fused-ring (bicyclic) bond motifs is 2. The molecule has 2 saturated carbocycles. The first-order chi connectivity index (χ1) is 12.1. The first-order valence-electron chi connectivity index (χ1n) is 9.91. The Morgan fingerprint density at radius 2 is 1.77 bits per heavy atom. The number of hydrogen-bond donors (Lipinski definition) is 4. The molecule has 0 amide bonds. The molecule has 0 aromatic rings. The lowest BCUT2D eigenvalue weighted by Crippen LogP contribution is -2.66. The van der Waals surface area contributed by atoms with Crippen molar-refractivity contribution in [3.05, 3.63) is 0 Å². The predicted molar refractivity (Wildman–Crippen MR) is 95.5 cm³/mol. The summed E-state index contributed by atoms with van der Waals surface area (Å²) >= 11 is 0. The molecule has 26 heavy (non-hydrogen) atoms. The molecule has 2 unspecified atom stereocenters. The van der Waals surface area contributed by atoms with Gasteiger partial charge >= 0.3 is 5.97 Å². The van der Waals surface area contributed by atoms with E-state index in [4.69, 9.17) is 4.74 Å². The van der Waals surface area contributed by atoms with E-state index >= 15 is 0 Å². The number of ether oxygens (including phenoxy) is 1. The van der Waals surface area contributed by atoms with Crippen LogP contribution < -0.4 is 0 Å². The number of carboxylic acid groups (broad SMARTS) is 1. The number of aliphatic hydroxyl groups is 3. The Morgan fingerprint density at radius 3 is 2.35 bits per heavy atom. The third-order valence-corrected chi connectivity index (χ3v) is 8.37. The Labute approximate surface area is 155 Å². The molecule has 0 radical (unpaired) electrons. The van der Waals surface area contributed by atoms with Crippen LogP contribution in [0.15, 0.2) is 0 Å². The predicted octanol–water partition coefficient (Wildman–Crippen LogP) is 1.95. The molecule has 6 nitrogen and oxygen atoms in total. The number of aliphatic hydroxyl groups excluding tert-OH is 3. The van der Waals surface area contributed by atoms with E-state index in [1.54, 1.807) is 0 Å². The van der Waals surface area contributed by atoms with E-state index in [1.807, 2.05) is 6.92 Å². The van der Waals surface area contributed by atoms with E-state index in [2.05, 4.69) is 13.8 Å². The molecule has 0 bridgehead atoms. The Bertz CT molecular complexity index is 567. The number of rotatable bonds is 4. The Kier molecular flexibility index (Phi) is 4.96. The maximum Gasteiger partial charge on any atom is 0.306 e. The van der Waals surface area contributed by atoms with Gasteiger partial charge in [-0.1, -0.05) is 20.8 Å². The minimum absolute atomic E-state index is 0.0703. The average molecular weight is 370 g/mol. The normalized spacial score (nSPS) is 51.4. The molecule has 3 fully saturated rings. The third-order valence-electron chi connectivity index (χ3n) is 8.37. The van der Waals surface area contributed by atoms with Gasteiger partial charge in [-0.3, -0.25) is 4.79 Å². The van der Waals surface area contributed by atoms with Crippen LogP contribution >= 0.6 is 0 Å². The summed E-state index contributed by atoms with van der Waals surface area (Å²) in [4.78, 5) is 11.4. The fourth-order valence-electron chi connectivity index (χ4n) is 6.70. The summed E-state index contributed by atoms with van der Waals surface area (Å²) in [5.74, 6) is -0.621. The van der Waals surface area contributed by atoms with Gasteiger partial charge in [-0.25, -0.2) is 0 Å². The van der Waals surface area contributed by atoms with E-state index in [-0.39, 0.29) is 36.9 Å². The lowest BCUT2D eigenvalue weighted by molar-refractivity contribution is -0.271. The molecule has 0 aromatic heterocycles. The molecule has 0 aromatic carbocycles. The molecule has 3 aliphatic rings. The molecule has 150 valence electrons. The minimum Gasteiger partial charge on any atom is -0.481 e. The topological polar surface area (TPSA) is 107 Å². The Balaban J connectivity index is 2.02. The van der Waals surface area contributed by atoms with E-state index in [0.29, 0.717) is 19.3 Å². The second-order valence-corrected chi connectivity index (χ2v) is 9.57. The van der Waals surface area contributed by atoms with Gasteiger partial charge in [0.2, 0.25) is 0 Å². The van der Waals surface area contributed by atoms with Crippen LogP contribution in [0, 0.1) is 22.7 Å². The lowest BCUT2D eigenvalue weighted by Gasteiger charge is -2.65. The van der Waals surface area contributed by atoms with Gasteiger partial charge in [0.25, 0.3) is 0 Å². The molecule has 1 aliphatic heterocycles. The molecular weight excluding hydrogens is 336 g/mol. The van der Waals surface area contributed by atoms with E-state index in [0.717, 1.165) is 19.3 Å². The summed E-state index contributed by atoms with van der Waals surface area (Å²) in [6.45, 7) is 5.96. The first kappa shape index (κ1) is 20.1. The molecule has 6 heteroatoms. The molecular formula is C20H34O6. The van der Waals surface area contributed by atoms with Crippen molar-refractivity contribution in [3.8, 4) is 0 Å². The molecule has 1 spiro atoms. The molecule has 1 heterocycles. The van der Waals surface area contributed by atoms with E-state index in [9.17, 15) is 25.2 Å². The molecule has 4 N–H and O–H groups in total. The van der Waals surface area contributed by atoms with Crippen LogP contribution in [0.3, 0.4) is 0 Å². The highest BCUT2D eigenvalue weighted by atomic mass is 16.5. The highest BCUT2D eigenvalue weighted by molar-refractivity contribution is 5.68. The SMILES string of the molecule is C[C@@H]1CCC2[C@](C)(CO)[C@@H](O)CC[C@]2(C)[C@@]12CCC(CO)(CC(=O)O)O2. The summed E-state index contributed by atoms with van der Waals surface area (Å²) in [6, 6.07) is 0. The van der Waals surface area contributed by atoms with Gasteiger partial charge in [-0.2, -0.15) is 0 Å². The van der Waals surface area contributed by atoms with Crippen LogP contribution in [0.5, 0.6) is 0 Å². The second-order valence-electron chi connectivity index (χ2n) is 9.57. The van der Waals surface area contributed by atoms with Crippen molar-refractivity contribution in [2.24, 2.45) is 22.7 Å². The number of aliphatic carboxylic acids is 1. The molecule has 1 saturated heterocycles.